The van der Waals surface area contributed by atoms with Gasteiger partial charge in [-0.1, -0.05) is 58.4 Å². The van der Waals surface area contributed by atoms with Crippen LogP contribution in [-0.2, 0) is 16.1 Å². The Morgan fingerprint density at radius 1 is 1.03 bits per heavy atom. The molecule has 4 rings (SSSR count). The minimum Gasteiger partial charge on any atom is -0.507 e. The van der Waals surface area contributed by atoms with E-state index in [4.69, 9.17) is 0 Å². The summed E-state index contributed by atoms with van der Waals surface area (Å²) in [6.45, 7) is 1.06. The van der Waals surface area contributed by atoms with Crippen molar-refractivity contribution < 1.29 is 14.7 Å². The number of Topliss-reactive ketones (excluding diaryl/α,β-unsaturated/α-hetero) is 1. The number of aliphatic hydroxyl groups excluding tert-OH is 1. The molecule has 2 aromatic carbocycles. The summed E-state index contributed by atoms with van der Waals surface area (Å²) in [6.07, 6.45) is 5.93. The van der Waals surface area contributed by atoms with Gasteiger partial charge in [-0.15, -0.1) is 0 Å². The van der Waals surface area contributed by atoms with Crippen molar-refractivity contribution in [1.29, 1.82) is 0 Å². The Morgan fingerprint density at radius 2 is 1.77 bits per heavy atom. The van der Waals surface area contributed by atoms with Crippen LogP contribution in [0.4, 0.5) is 0 Å². The molecule has 0 saturated carbocycles. The number of aromatic nitrogens is 2. The highest BCUT2D eigenvalue weighted by atomic mass is 79.9. The third kappa shape index (κ3) is 3.93. The molecular formula is C23H20BrN3O3. The first kappa shape index (κ1) is 20.1. The van der Waals surface area contributed by atoms with Crippen LogP contribution in [0.1, 0.15) is 23.6 Å². The number of halogens is 1. The van der Waals surface area contributed by atoms with Gasteiger partial charge in [0.1, 0.15) is 5.76 Å². The maximum atomic E-state index is 12.9. The molecular weight excluding hydrogens is 446 g/mol. The molecule has 1 amide bonds. The summed E-state index contributed by atoms with van der Waals surface area (Å²) in [6, 6.07) is 15.7. The number of rotatable bonds is 6. The molecule has 1 aliphatic rings. The fourth-order valence-electron chi connectivity index (χ4n) is 3.70. The van der Waals surface area contributed by atoms with E-state index >= 15 is 0 Å². The molecule has 1 saturated heterocycles. The second-order valence-electron chi connectivity index (χ2n) is 7.06. The fourth-order valence-corrected chi connectivity index (χ4v) is 3.96. The molecule has 7 heteroatoms. The number of nitrogens with zero attached hydrogens (tertiary/aromatic N) is 3. The van der Waals surface area contributed by atoms with Crippen LogP contribution in [0.5, 0.6) is 0 Å². The molecule has 30 heavy (non-hydrogen) atoms. The number of carbonyl (C=O) groups excluding carboxylic acids is 2. The van der Waals surface area contributed by atoms with Crippen LogP contribution in [0.15, 0.2) is 83.4 Å². The lowest BCUT2D eigenvalue weighted by Crippen LogP contribution is -2.31. The third-order valence-electron chi connectivity index (χ3n) is 5.15. The summed E-state index contributed by atoms with van der Waals surface area (Å²) in [5.74, 6) is -1.41. The highest BCUT2D eigenvalue weighted by Gasteiger charge is 2.45. The minimum atomic E-state index is -0.660. The van der Waals surface area contributed by atoms with Gasteiger partial charge in [0.15, 0.2) is 0 Å². The summed E-state index contributed by atoms with van der Waals surface area (Å²) in [5.41, 5.74) is 1.41. The summed E-state index contributed by atoms with van der Waals surface area (Å²) < 4.78 is 2.82. The van der Waals surface area contributed by atoms with E-state index in [-0.39, 0.29) is 11.3 Å². The van der Waals surface area contributed by atoms with Gasteiger partial charge >= 0.3 is 0 Å². The number of hydrogen-bond donors (Lipinski definition) is 1. The van der Waals surface area contributed by atoms with Crippen LogP contribution in [0, 0.1) is 0 Å². The average molecular weight is 466 g/mol. The first-order chi connectivity index (χ1) is 14.6. The lowest BCUT2D eigenvalue weighted by Gasteiger charge is -2.25. The Labute approximate surface area is 182 Å². The topological polar surface area (TPSA) is 75.4 Å². The zero-order valence-corrected chi connectivity index (χ0v) is 17.7. The molecule has 0 aliphatic carbocycles. The molecule has 1 N–H and O–H groups in total. The minimum absolute atomic E-state index is 0.121. The van der Waals surface area contributed by atoms with Gasteiger partial charge in [-0.2, -0.15) is 0 Å². The van der Waals surface area contributed by atoms with Crippen molar-refractivity contribution in [3.8, 4) is 0 Å². The van der Waals surface area contributed by atoms with E-state index in [1.54, 1.807) is 41.7 Å². The van der Waals surface area contributed by atoms with Crippen molar-refractivity contribution in [3.63, 3.8) is 0 Å². The van der Waals surface area contributed by atoms with Crippen molar-refractivity contribution in [3.05, 3.63) is 94.5 Å². The van der Waals surface area contributed by atoms with Gasteiger partial charge in [-0.05, 0) is 24.1 Å². The number of hydrogen-bond acceptors (Lipinski definition) is 4. The van der Waals surface area contributed by atoms with E-state index in [0.29, 0.717) is 25.1 Å². The monoisotopic (exact) mass is 465 g/mol. The molecule has 0 radical (unpaired) electrons. The predicted octanol–water partition coefficient (Wildman–Crippen LogP) is 4.16. The van der Waals surface area contributed by atoms with E-state index in [2.05, 4.69) is 20.9 Å². The Morgan fingerprint density at radius 3 is 2.43 bits per heavy atom. The van der Waals surface area contributed by atoms with Crippen LogP contribution < -0.4 is 0 Å². The summed E-state index contributed by atoms with van der Waals surface area (Å²) in [7, 11) is 0. The van der Waals surface area contributed by atoms with Crippen molar-refractivity contribution in [2.45, 2.75) is 19.0 Å². The fraction of sp³-hybridized carbons (Fsp3) is 0.174. The largest absolute Gasteiger partial charge is 0.507 e. The second-order valence-corrected chi connectivity index (χ2v) is 7.98. The van der Waals surface area contributed by atoms with E-state index in [1.807, 2.05) is 41.1 Å². The SMILES string of the molecule is O=C1C(=O)N(CCCn2ccnc2)C(c2ccc(Br)cc2)C1=C(O)c1ccccc1. The Kier molecular flexibility index (Phi) is 5.81. The maximum Gasteiger partial charge on any atom is 0.295 e. The zero-order valence-electron chi connectivity index (χ0n) is 16.1. The van der Waals surface area contributed by atoms with Gasteiger partial charge in [0.2, 0.25) is 0 Å². The third-order valence-corrected chi connectivity index (χ3v) is 5.68. The molecule has 0 spiro atoms. The molecule has 3 aromatic rings. The number of aryl methyl sites for hydroxylation is 1. The van der Waals surface area contributed by atoms with Gasteiger partial charge in [0.25, 0.3) is 11.7 Å². The quantitative estimate of drug-likeness (QED) is 0.337. The molecule has 1 unspecified atom stereocenters. The number of aliphatic hydroxyl groups is 1. The van der Waals surface area contributed by atoms with Gasteiger partial charge in [-0.25, -0.2) is 4.98 Å². The number of likely N-dealkylation sites (tertiary alicyclic amines) is 1. The summed E-state index contributed by atoms with van der Waals surface area (Å²) >= 11 is 3.42. The number of carbonyl (C=O) groups is 2. The zero-order chi connectivity index (χ0) is 21.1. The predicted molar refractivity (Wildman–Crippen MR) is 116 cm³/mol. The normalized spacial score (nSPS) is 18.2. The van der Waals surface area contributed by atoms with Crippen LogP contribution in [0.3, 0.4) is 0 Å². The number of amides is 1. The first-order valence-electron chi connectivity index (χ1n) is 9.61. The Balaban J connectivity index is 1.72. The first-order valence-corrected chi connectivity index (χ1v) is 10.4. The van der Waals surface area contributed by atoms with Crippen LogP contribution >= 0.6 is 15.9 Å². The molecule has 2 heterocycles. The molecule has 1 atom stereocenters. The van der Waals surface area contributed by atoms with Crippen molar-refractivity contribution in [2.24, 2.45) is 0 Å². The van der Waals surface area contributed by atoms with Crippen LogP contribution in [-0.4, -0.2) is 37.8 Å². The van der Waals surface area contributed by atoms with Crippen LogP contribution in [0.25, 0.3) is 5.76 Å². The van der Waals surface area contributed by atoms with E-state index < -0.39 is 17.7 Å². The van der Waals surface area contributed by atoms with Gasteiger partial charge < -0.3 is 14.6 Å². The molecule has 1 aromatic heterocycles. The van der Waals surface area contributed by atoms with Gasteiger partial charge in [0.05, 0.1) is 17.9 Å². The molecule has 1 fully saturated rings. The highest BCUT2D eigenvalue weighted by molar-refractivity contribution is 9.10. The van der Waals surface area contributed by atoms with E-state index in [9.17, 15) is 14.7 Å². The molecule has 6 nitrogen and oxygen atoms in total. The molecule has 152 valence electrons. The van der Waals surface area contributed by atoms with Gasteiger partial charge in [0, 0.05) is 35.5 Å². The Bertz CT molecular complexity index is 1080. The average Bonchev–Trinajstić information content (AvgIpc) is 3.37. The van der Waals surface area contributed by atoms with E-state index in [1.165, 1.54) is 0 Å². The highest BCUT2D eigenvalue weighted by Crippen LogP contribution is 2.39. The van der Waals surface area contributed by atoms with Gasteiger partial charge in [-0.3, -0.25) is 9.59 Å². The number of benzene rings is 2. The summed E-state index contributed by atoms with van der Waals surface area (Å²) in [5, 5.41) is 10.9. The van der Waals surface area contributed by atoms with Crippen molar-refractivity contribution in [1.82, 2.24) is 14.5 Å². The van der Waals surface area contributed by atoms with Crippen molar-refractivity contribution in [2.75, 3.05) is 6.54 Å². The maximum absolute atomic E-state index is 12.9. The van der Waals surface area contributed by atoms with Crippen molar-refractivity contribution >= 4 is 33.4 Å². The standard InChI is InChI=1S/C23H20BrN3O3/c24-18-9-7-16(8-10-18)20-19(21(28)17-5-2-1-3-6-17)22(29)23(30)27(20)13-4-12-26-14-11-25-15-26/h1-3,5-11,14-15,20,28H,4,12-13H2. The van der Waals surface area contributed by atoms with Crippen LogP contribution in [0.2, 0.25) is 0 Å². The number of ketones is 1. The lowest BCUT2D eigenvalue weighted by molar-refractivity contribution is -0.139. The molecule has 0 bridgehead atoms. The smallest absolute Gasteiger partial charge is 0.295 e. The second kappa shape index (κ2) is 8.67. The lowest BCUT2D eigenvalue weighted by atomic mass is 9.95. The van der Waals surface area contributed by atoms with E-state index in [0.717, 1.165) is 10.0 Å². The molecule has 1 aliphatic heterocycles. The Hall–Kier alpha value is -3.19. The number of imidazole rings is 1. The summed E-state index contributed by atoms with van der Waals surface area (Å²) in [4.78, 5) is 31.4.